The van der Waals surface area contributed by atoms with Gasteiger partial charge in [0.15, 0.2) is 0 Å². The molecule has 0 amide bonds. The number of nitrogens with one attached hydrogen (secondary N) is 6. The van der Waals surface area contributed by atoms with Crippen LogP contribution in [0.5, 0.6) is 0 Å². The number of hydrogen-bond acceptors (Lipinski definition) is 18. The molecule has 2 heterocycles. The summed E-state index contributed by atoms with van der Waals surface area (Å²) in [7, 11) is -10.2. The van der Waals surface area contributed by atoms with Crippen molar-refractivity contribution in [3.63, 3.8) is 0 Å². The summed E-state index contributed by atoms with van der Waals surface area (Å²) in [4.78, 5) is 25.3. The molecule has 0 fully saturated rings. The van der Waals surface area contributed by atoms with Crippen LogP contribution in [0, 0.1) is 0 Å². The number of para-hydroxylation sites is 4. The Morgan fingerprint density at radius 3 is 0.788 bits per heavy atom. The molecule has 0 saturated carbocycles. The Morgan fingerprint density at radius 1 is 0.333 bits per heavy atom. The molecule has 0 bridgehead atoms. The van der Waals surface area contributed by atoms with Crippen molar-refractivity contribution in [2.45, 2.75) is 9.79 Å². The summed E-state index contributed by atoms with van der Waals surface area (Å²) in [5, 5.41) is 18.3. The molecule has 0 spiro atoms. The molecule has 18 nitrogen and oxygen atoms in total. The predicted molar refractivity (Wildman–Crippen MR) is 243 cm³/mol. The van der Waals surface area contributed by atoms with E-state index in [4.69, 9.17) is 0 Å². The zero-order chi connectivity index (χ0) is 44.5. The van der Waals surface area contributed by atoms with Gasteiger partial charge in [0, 0.05) is 34.1 Å². The number of rotatable bonds is 16. The third-order valence-corrected chi connectivity index (χ3v) is 10.7. The number of benzene rings is 6. The molecule has 6 N–H and O–H groups in total. The second kappa shape index (κ2) is 22.3. The van der Waals surface area contributed by atoms with Crippen molar-refractivity contribution in [2.75, 3.05) is 31.9 Å². The Kier molecular flexibility index (Phi) is 16.6. The summed E-state index contributed by atoms with van der Waals surface area (Å²) in [5.41, 5.74) is 2.86. The van der Waals surface area contributed by atoms with Gasteiger partial charge < -0.3 is 41.0 Å². The van der Waals surface area contributed by atoms with Gasteiger partial charge in [-0.15, -0.1) is 0 Å². The summed E-state index contributed by atoms with van der Waals surface area (Å²) < 4.78 is 75.7. The summed E-state index contributed by atoms with van der Waals surface area (Å²) in [5.74, 6) is 0.650. The van der Waals surface area contributed by atoms with E-state index in [1.165, 1.54) is 36.4 Å². The van der Waals surface area contributed by atoms with Crippen LogP contribution < -0.4 is 91.0 Å². The van der Waals surface area contributed by atoms with Gasteiger partial charge in [-0.3, -0.25) is 0 Å². The Balaban J connectivity index is 0.00000360. The van der Waals surface area contributed by atoms with Crippen LogP contribution in [0.4, 0.5) is 69.8 Å². The van der Waals surface area contributed by atoms with Gasteiger partial charge in [-0.1, -0.05) is 97.1 Å². The fraction of sp³-hybridized carbons (Fsp3) is 0. The second-order valence-electron chi connectivity index (χ2n) is 13.6. The Morgan fingerprint density at radius 2 is 0.561 bits per heavy atom. The van der Waals surface area contributed by atoms with Gasteiger partial charge >= 0.3 is 59.1 Å². The average molecular weight is 937 g/mol. The van der Waals surface area contributed by atoms with E-state index in [9.17, 15) is 25.9 Å². The molecule has 0 radical (unpaired) electrons. The van der Waals surface area contributed by atoms with Crippen LogP contribution in [0.15, 0.2) is 168 Å². The zero-order valence-corrected chi connectivity index (χ0v) is 40.7. The van der Waals surface area contributed by atoms with Gasteiger partial charge in [0.1, 0.15) is 20.2 Å². The van der Waals surface area contributed by atoms with Gasteiger partial charge in [-0.25, -0.2) is 16.8 Å². The van der Waals surface area contributed by atoms with E-state index >= 15 is 0 Å². The standard InChI is InChI=1S/C44H36N12O6S2.2Na/c57-63(58,59)37-27-35(49-43-53-39(45-31-13-5-1-6-14-31)51-40(54-43)46-32-15-7-2-8-16-32)25-23-29(37)21-22-30-24-26-36(28-38(30)64(60,61)62)50-44-55-41(47-33-17-9-3-10-18-33)52-42(56-44)48-34-19-11-4-12-20-34;;/h1-28H,(H,57,58,59)(H,60,61,62)(H3,45,46,49,51,53,54)(H3,47,48,50,52,55,56);;/q;2*+1/p-2. The normalized spacial score (nSPS) is 11.1. The van der Waals surface area contributed by atoms with Crippen LogP contribution in [0.2, 0.25) is 0 Å². The maximum atomic E-state index is 12.6. The molecule has 8 rings (SSSR count). The fourth-order valence-electron chi connectivity index (χ4n) is 6.06. The van der Waals surface area contributed by atoms with Crippen molar-refractivity contribution in [3.8, 4) is 0 Å². The van der Waals surface area contributed by atoms with Crippen LogP contribution >= 0.6 is 0 Å². The summed E-state index contributed by atoms with van der Waals surface area (Å²) in [6.07, 6.45) is 2.43. The molecule has 0 unspecified atom stereocenters. The molecule has 0 aliphatic carbocycles. The first-order valence-electron chi connectivity index (χ1n) is 19.1. The molecule has 6 aromatic carbocycles. The number of hydrogen-bond donors (Lipinski definition) is 6. The molecule has 0 atom stereocenters. The summed E-state index contributed by atoms with van der Waals surface area (Å²) in [6.45, 7) is 0. The van der Waals surface area contributed by atoms with Crippen molar-refractivity contribution in [3.05, 3.63) is 169 Å². The van der Waals surface area contributed by atoms with Crippen molar-refractivity contribution >= 4 is 102 Å². The van der Waals surface area contributed by atoms with Crippen molar-refractivity contribution in [2.24, 2.45) is 0 Å². The fourth-order valence-corrected chi connectivity index (χ4v) is 7.45. The summed E-state index contributed by atoms with van der Waals surface area (Å²) >= 11 is 0. The molecular weight excluding hydrogens is 903 g/mol. The zero-order valence-electron chi connectivity index (χ0n) is 35.1. The van der Waals surface area contributed by atoms with Gasteiger partial charge in [-0.05, 0) is 83.9 Å². The number of aromatic nitrogens is 6. The van der Waals surface area contributed by atoms with E-state index in [0.29, 0.717) is 22.7 Å². The molecule has 320 valence electrons. The maximum Gasteiger partial charge on any atom is 1.00 e. The van der Waals surface area contributed by atoms with E-state index in [2.05, 4.69) is 61.8 Å². The van der Waals surface area contributed by atoms with E-state index in [1.54, 1.807) is 0 Å². The van der Waals surface area contributed by atoms with Gasteiger partial charge in [0.05, 0.1) is 9.79 Å². The second-order valence-corrected chi connectivity index (χ2v) is 16.3. The van der Waals surface area contributed by atoms with Crippen molar-refractivity contribution in [1.82, 2.24) is 29.9 Å². The van der Waals surface area contributed by atoms with Crippen LogP contribution in [-0.4, -0.2) is 55.8 Å². The molecule has 0 aliphatic rings. The Labute approximate surface area is 424 Å². The first kappa shape index (κ1) is 49.1. The molecular formula is C44H34N12Na2O6S2. The Hall–Kier alpha value is -6.30. The van der Waals surface area contributed by atoms with Gasteiger partial charge in [0.25, 0.3) is 0 Å². The summed E-state index contributed by atoms with van der Waals surface area (Å²) in [6, 6.07) is 44.4. The molecule has 2 aromatic heterocycles. The quantitative estimate of drug-likeness (QED) is 0.0462. The van der Waals surface area contributed by atoms with Crippen LogP contribution in [-0.2, 0) is 20.2 Å². The molecule has 66 heavy (non-hydrogen) atoms. The van der Waals surface area contributed by atoms with E-state index in [1.807, 2.05) is 121 Å². The molecule has 8 aromatic rings. The van der Waals surface area contributed by atoms with E-state index in [-0.39, 0.29) is 117 Å². The minimum Gasteiger partial charge on any atom is -0.744 e. The third-order valence-electron chi connectivity index (χ3n) is 8.91. The largest absolute Gasteiger partial charge is 1.00 e. The molecule has 22 heteroatoms. The smallest absolute Gasteiger partial charge is 0.744 e. The van der Waals surface area contributed by atoms with Gasteiger partial charge in [-0.2, -0.15) is 29.9 Å². The van der Waals surface area contributed by atoms with Gasteiger partial charge in [0.2, 0.25) is 35.7 Å². The Bertz CT molecular complexity index is 2850. The first-order chi connectivity index (χ1) is 30.9. The average Bonchev–Trinajstić information content (AvgIpc) is 3.27. The van der Waals surface area contributed by atoms with Crippen LogP contribution in [0.3, 0.4) is 0 Å². The topological polar surface area (TPSA) is 264 Å². The minimum atomic E-state index is -5.12. The third kappa shape index (κ3) is 13.6. The molecule has 0 aliphatic heterocycles. The van der Waals surface area contributed by atoms with E-state index < -0.39 is 30.0 Å². The van der Waals surface area contributed by atoms with Crippen LogP contribution in [0.25, 0.3) is 12.2 Å². The first-order valence-corrected chi connectivity index (χ1v) is 21.9. The van der Waals surface area contributed by atoms with Crippen molar-refractivity contribution < 1.29 is 85.1 Å². The monoisotopic (exact) mass is 936 g/mol. The van der Waals surface area contributed by atoms with Crippen molar-refractivity contribution in [1.29, 1.82) is 0 Å². The van der Waals surface area contributed by atoms with E-state index in [0.717, 1.165) is 12.1 Å². The predicted octanol–water partition coefficient (Wildman–Crippen LogP) is 2.50. The molecule has 0 saturated heterocycles. The number of nitrogens with zero attached hydrogens (tertiary/aromatic N) is 6. The van der Waals surface area contributed by atoms with Crippen LogP contribution in [0.1, 0.15) is 11.1 Å². The maximum absolute atomic E-state index is 12.6. The minimum absolute atomic E-state index is 0. The SMILES string of the molecule is O=S(=O)([O-])c1cc(Nc2nc(Nc3ccccc3)nc(Nc3ccccc3)n2)ccc1C=Cc1ccc(Nc2nc(Nc3ccccc3)nc(Nc3ccccc3)n2)cc1S(=O)(=O)[O-].[Na+].[Na+]. The number of anilines is 12.